The molecule has 0 aliphatic rings. The summed E-state index contributed by atoms with van der Waals surface area (Å²) < 4.78 is 6.59. The van der Waals surface area contributed by atoms with Crippen LogP contribution in [-0.2, 0) is 0 Å². The highest BCUT2D eigenvalue weighted by atomic mass is 16.3. The molecule has 0 saturated carbocycles. The fraction of sp³-hybridized carbons (Fsp3) is 0. The third-order valence-corrected chi connectivity index (χ3v) is 11.4. The van der Waals surface area contributed by atoms with Crippen LogP contribution in [0.4, 0.5) is 17.1 Å². The van der Waals surface area contributed by atoms with Crippen LogP contribution in [0.3, 0.4) is 0 Å². The minimum atomic E-state index is 0.891. The first kappa shape index (κ1) is 33.6. The summed E-state index contributed by atoms with van der Waals surface area (Å²) in [6, 6.07) is 80.6. The lowest BCUT2D eigenvalue weighted by Gasteiger charge is -2.27. The molecule has 0 amide bonds. The summed E-state index contributed by atoms with van der Waals surface area (Å²) in [7, 11) is 0. The van der Waals surface area contributed by atoms with Crippen LogP contribution in [0.15, 0.2) is 229 Å². The molecule has 0 aliphatic carbocycles. The minimum Gasteiger partial charge on any atom is -0.455 e. The first-order valence-corrected chi connectivity index (χ1v) is 19.8. The maximum absolute atomic E-state index is 6.59. The first-order chi connectivity index (χ1) is 28.7. The molecule has 0 aliphatic heterocycles. The van der Waals surface area contributed by atoms with Crippen LogP contribution in [0.5, 0.6) is 0 Å². The number of hydrogen-bond donors (Lipinski definition) is 0. The molecule has 0 radical (unpaired) electrons. The van der Waals surface area contributed by atoms with Crippen molar-refractivity contribution >= 4 is 60.5 Å². The molecule has 58 heavy (non-hydrogen) atoms. The number of anilines is 3. The third kappa shape index (κ3) is 5.91. The van der Waals surface area contributed by atoms with Crippen LogP contribution in [0.2, 0.25) is 0 Å². The van der Waals surface area contributed by atoms with Crippen LogP contribution < -0.4 is 4.90 Å². The molecule has 0 saturated heterocycles. The molecule has 0 spiro atoms. The van der Waals surface area contributed by atoms with E-state index < -0.39 is 0 Å². The van der Waals surface area contributed by atoms with Crippen molar-refractivity contribution < 1.29 is 4.42 Å². The standard InChI is InChI=1S/C56H37NO/c1-2-13-38(14-3-1)43-19-9-22-47(36-43)57(46-32-29-39(30-33-46)42-18-8-20-44(35-42)50-26-11-17-40-15-4-6-24-49(40)50)48-23-10-21-45(37-48)51-27-12-28-54-55(51)53-34-31-41-16-5-7-25-52(41)56(53)58-54/h1-37H. The molecule has 0 unspecified atom stereocenters. The lowest BCUT2D eigenvalue weighted by molar-refractivity contribution is 0.673. The van der Waals surface area contributed by atoms with Crippen molar-refractivity contribution in [2.24, 2.45) is 0 Å². The SMILES string of the molecule is c1ccc(-c2cccc(N(c3ccc(-c4cccc(-c5cccc6ccccc56)c4)cc3)c3cccc(-c4cccc5oc6c7ccccc7ccc6c45)c3)c2)cc1. The quantitative estimate of drug-likeness (QED) is 0.162. The molecule has 10 aromatic carbocycles. The number of fused-ring (bicyclic) bond motifs is 6. The Labute approximate surface area is 337 Å². The molecule has 272 valence electrons. The Morgan fingerprint density at radius 2 is 0.828 bits per heavy atom. The topological polar surface area (TPSA) is 16.4 Å². The predicted molar refractivity (Wildman–Crippen MR) is 245 cm³/mol. The van der Waals surface area contributed by atoms with Gasteiger partial charge in [0.25, 0.3) is 0 Å². The highest BCUT2D eigenvalue weighted by Gasteiger charge is 2.18. The van der Waals surface area contributed by atoms with Crippen molar-refractivity contribution in [2.45, 2.75) is 0 Å². The van der Waals surface area contributed by atoms with Gasteiger partial charge < -0.3 is 9.32 Å². The second-order valence-corrected chi connectivity index (χ2v) is 14.9. The van der Waals surface area contributed by atoms with E-state index in [1.54, 1.807) is 0 Å². The summed E-state index contributed by atoms with van der Waals surface area (Å²) in [4.78, 5) is 2.37. The third-order valence-electron chi connectivity index (χ3n) is 11.4. The van der Waals surface area contributed by atoms with Crippen molar-refractivity contribution in [3.8, 4) is 44.5 Å². The maximum atomic E-state index is 6.59. The van der Waals surface area contributed by atoms with E-state index in [2.05, 4.69) is 229 Å². The molecule has 2 heteroatoms. The molecule has 2 nitrogen and oxygen atoms in total. The van der Waals surface area contributed by atoms with Crippen LogP contribution in [-0.4, -0.2) is 0 Å². The van der Waals surface area contributed by atoms with Gasteiger partial charge in [-0.15, -0.1) is 0 Å². The number of furan rings is 1. The molecule has 0 bridgehead atoms. The number of nitrogens with zero attached hydrogens (tertiary/aromatic N) is 1. The van der Waals surface area contributed by atoms with Gasteiger partial charge >= 0.3 is 0 Å². The summed E-state index contributed by atoms with van der Waals surface area (Å²) in [5.74, 6) is 0. The Bertz CT molecular complexity index is 3280. The lowest BCUT2D eigenvalue weighted by Crippen LogP contribution is -2.10. The van der Waals surface area contributed by atoms with E-state index >= 15 is 0 Å². The molecule has 0 fully saturated rings. The van der Waals surface area contributed by atoms with E-state index in [1.807, 2.05) is 0 Å². The van der Waals surface area contributed by atoms with Crippen molar-refractivity contribution in [2.75, 3.05) is 4.90 Å². The van der Waals surface area contributed by atoms with Crippen molar-refractivity contribution in [1.82, 2.24) is 0 Å². The minimum absolute atomic E-state index is 0.891. The molecule has 1 aromatic heterocycles. The van der Waals surface area contributed by atoms with Gasteiger partial charge in [-0.3, -0.25) is 0 Å². The van der Waals surface area contributed by atoms with Gasteiger partial charge in [-0.1, -0.05) is 170 Å². The molecule has 11 rings (SSSR count). The van der Waals surface area contributed by atoms with Gasteiger partial charge in [0.2, 0.25) is 0 Å². The van der Waals surface area contributed by atoms with Crippen LogP contribution in [0.1, 0.15) is 0 Å². The summed E-state index contributed by atoms with van der Waals surface area (Å²) in [5.41, 5.74) is 14.5. The highest BCUT2D eigenvalue weighted by Crippen LogP contribution is 2.43. The fourth-order valence-corrected chi connectivity index (χ4v) is 8.66. The van der Waals surface area contributed by atoms with Crippen molar-refractivity contribution in [3.63, 3.8) is 0 Å². The Hall–Kier alpha value is -7.68. The summed E-state index contributed by atoms with van der Waals surface area (Å²) >= 11 is 0. The van der Waals surface area contributed by atoms with Crippen molar-refractivity contribution in [3.05, 3.63) is 224 Å². The normalized spacial score (nSPS) is 11.4. The van der Waals surface area contributed by atoms with Gasteiger partial charge in [0, 0.05) is 33.2 Å². The lowest BCUT2D eigenvalue weighted by atomic mass is 9.95. The van der Waals surface area contributed by atoms with Gasteiger partial charge in [0.05, 0.1) is 0 Å². The van der Waals surface area contributed by atoms with Crippen LogP contribution in [0.25, 0.3) is 88.0 Å². The van der Waals surface area contributed by atoms with E-state index in [-0.39, 0.29) is 0 Å². The van der Waals surface area contributed by atoms with Crippen LogP contribution >= 0.6 is 0 Å². The van der Waals surface area contributed by atoms with E-state index in [4.69, 9.17) is 4.42 Å². The van der Waals surface area contributed by atoms with Gasteiger partial charge in [-0.25, -0.2) is 0 Å². The highest BCUT2D eigenvalue weighted by molar-refractivity contribution is 6.19. The Kier molecular flexibility index (Phi) is 8.19. The van der Waals surface area contributed by atoms with Crippen LogP contribution in [0, 0.1) is 0 Å². The Morgan fingerprint density at radius 3 is 1.62 bits per heavy atom. The summed E-state index contributed by atoms with van der Waals surface area (Å²) in [6.45, 7) is 0. The Morgan fingerprint density at radius 1 is 0.293 bits per heavy atom. The number of hydrogen-bond acceptors (Lipinski definition) is 2. The maximum Gasteiger partial charge on any atom is 0.143 e. The fourth-order valence-electron chi connectivity index (χ4n) is 8.66. The zero-order valence-electron chi connectivity index (χ0n) is 31.7. The first-order valence-electron chi connectivity index (χ1n) is 19.8. The average molecular weight is 740 g/mol. The predicted octanol–water partition coefficient (Wildman–Crippen LogP) is 16.0. The second kappa shape index (κ2) is 14.1. The molecule has 1 heterocycles. The molecule has 0 atom stereocenters. The van der Waals surface area contributed by atoms with E-state index in [1.165, 1.54) is 49.5 Å². The number of rotatable bonds is 7. The molecule has 11 aromatic rings. The zero-order chi connectivity index (χ0) is 38.4. The molecular weight excluding hydrogens is 703 g/mol. The monoisotopic (exact) mass is 739 g/mol. The number of benzene rings is 10. The average Bonchev–Trinajstić information content (AvgIpc) is 3.70. The van der Waals surface area contributed by atoms with Gasteiger partial charge in [0.15, 0.2) is 0 Å². The summed E-state index contributed by atoms with van der Waals surface area (Å²) in [6.07, 6.45) is 0. The van der Waals surface area contributed by atoms with E-state index in [9.17, 15) is 0 Å². The molecular formula is C56H37NO. The van der Waals surface area contributed by atoms with Gasteiger partial charge in [-0.2, -0.15) is 0 Å². The zero-order valence-corrected chi connectivity index (χ0v) is 31.7. The van der Waals surface area contributed by atoms with Crippen molar-refractivity contribution in [1.29, 1.82) is 0 Å². The van der Waals surface area contributed by atoms with Gasteiger partial charge in [0.1, 0.15) is 11.2 Å². The Balaban J connectivity index is 1.03. The van der Waals surface area contributed by atoms with E-state index in [0.717, 1.165) is 55.5 Å². The summed E-state index contributed by atoms with van der Waals surface area (Å²) in [5, 5.41) is 7.08. The largest absolute Gasteiger partial charge is 0.455 e. The smallest absolute Gasteiger partial charge is 0.143 e. The van der Waals surface area contributed by atoms with Gasteiger partial charge in [-0.05, 0) is 115 Å². The molecule has 0 N–H and O–H groups in total. The van der Waals surface area contributed by atoms with E-state index in [0.29, 0.717) is 0 Å². The second-order valence-electron chi connectivity index (χ2n) is 14.9.